The maximum atomic E-state index is 12.9. The number of aromatic nitrogens is 2. The summed E-state index contributed by atoms with van der Waals surface area (Å²) in [4.78, 5) is 53.3. The number of nitrogens with zero attached hydrogens (tertiary/aromatic N) is 4. The van der Waals surface area contributed by atoms with Crippen molar-refractivity contribution in [3.63, 3.8) is 0 Å². The molecular weight excluding hydrogens is 514 g/mol. The first-order valence-electron chi connectivity index (χ1n) is 14.2. The molecule has 0 spiro atoms. The van der Waals surface area contributed by atoms with E-state index < -0.39 is 5.97 Å². The standard InChI is InChI=1S/C29H39N5O6/c1-3-34-26-24(7-4-18-39-19-6-13-30-27(26)36)25(31-34)8-5-20-40-29(38)23-11-9-22(10-12-23)28(37)33-16-14-32(15-17-33)21(2)35/h9-12H,3-8,13-20H2,1-2H3,(H,30,36). The Hall–Kier alpha value is -3.73. The van der Waals surface area contributed by atoms with Crippen LogP contribution in [0.4, 0.5) is 0 Å². The Labute approximate surface area is 234 Å². The monoisotopic (exact) mass is 553 g/mol. The molecular formula is C29H39N5O6. The minimum absolute atomic E-state index is 0.0134. The second kappa shape index (κ2) is 14.1. The third kappa shape index (κ3) is 7.26. The number of aryl methyl sites for hydroxylation is 2. The molecule has 0 saturated carbocycles. The third-order valence-electron chi connectivity index (χ3n) is 7.29. The van der Waals surface area contributed by atoms with Crippen molar-refractivity contribution in [2.45, 2.75) is 52.5 Å². The Balaban J connectivity index is 1.30. The van der Waals surface area contributed by atoms with Gasteiger partial charge in [-0.2, -0.15) is 5.10 Å². The summed E-state index contributed by atoms with van der Waals surface area (Å²) in [6, 6.07) is 6.46. The van der Waals surface area contributed by atoms with E-state index in [1.165, 1.54) is 6.92 Å². The summed E-state index contributed by atoms with van der Waals surface area (Å²) >= 11 is 0. The summed E-state index contributed by atoms with van der Waals surface area (Å²) in [5.41, 5.74) is 3.28. The Morgan fingerprint density at radius 1 is 1.00 bits per heavy atom. The van der Waals surface area contributed by atoms with Gasteiger partial charge in [-0.15, -0.1) is 0 Å². The number of esters is 1. The SMILES string of the molecule is CCn1nc(CCCOC(=O)c2ccc(C(=O)N3CCN(C(C)=O)CC3)cc2)c2c1C(=O)NCCCOCCC2. The predicted octanol–water partition coefficient (Wildman–Crippen LogP) is 2.08. The molecule has 11 nitrogen and oxygen atoms in total. The minimum Gasteiger partial charge on any atom is -0.462 e. The Morgan fingerprint density at radius 3 is 2.38 bits per heavy atom. The van der Waals surface area contributed by atoms with Crippen LogP contribution >= 0.6 is 0 Å². The van der Waals surface area contributed by atoms with E-state index in [4.69, 9.17) is 14.6 Å². The Morgan fingerprint density at radius 2 is 1.68 bits per heavy atom. The van der Waals surface area contributed by atoms with E-state index in [0.717, 1.165) is 24.1 Å². The third-order valence-corrected chi connectivity index (χ3v) is 7.29. The van der Waals surface area contributed by atoms with Gasteiger partial charge in [0.15, 0.2) is 0 Å². The molecule has 0 unspecified atom stereocenters. The molecule has 11 heteroatoms. The van der Waals surface area contributed by atoms with Gasteiger partial charge in [0.2, 0.25) is 5.91 Å². The second-order valence-corrected chi connectivity index (χ2v) is 10.0. The van der Waals surface area contributed by atoms with Crippen molar-refractivity contribution >= 4 is 23.7 Å². The fourth-order valence-corrected chi connectivity index (χ4v) is 5.05. The van der Waals surface area contributed by atoms with Gasteiger partial charge in [-0.05, 0) is 63.3 Å². The zero-order chi connectivity index (χ0) is 28.5. The van der Waals surface area contributed by atoms with E-state index >= 15 is 0 Å². The van der Waals surface area contributed by atoms with Crippen LogP contribution < -0.4 is 5.32 Å². The minimum atomic E-state index is -0.455. The van der Waals surface area contributed by atoms with E-state index in [1.54, 1.807) is 38.7 Å². The highest BCUT2D eigenvalue weighted by molar-refractivity contribution is 5.96. The molecule has 3 amide bonds. The number of carbonyl (C=O) groups is 4. The first-order valence-corrected chi connectivity index (χ1v) is 14.2. The molecule has 40 heavy (non-hydrogen) atoms. The first-order chi connectivity index (χ1) is 19.4. The molecule has 0 bridgehead atoms. The average molecular weight is 554 g/mol. The molecule has 1 aromatic heterocycles. The predicted molar refractivity (Wildman–Crippen MR) is 147 cm³/mol. The fourth-order valence-electron chi connectivity index (χ4n) is 5.05. The highest BCUT2D eigenvalue weighted by atomic mass is 16.5. The zero-order valence-electron chi connectivity index (χ0n) is 23.4. The molecule has 3 heterocycles. The number of amides is 3. The fraction of sp³-hybridized carbons (Fsp3) is 0.552. The lowest BCUT2D eigenvalue weighted by Gasteiger charge is -2.34. The van der Waals surface area contributed by atoms with Gasteiger partial charge in [0.05, 0.1) is 17.9 Å². The lowest BCUT2D eigenvalue weighted by atomic mass is 10.0. The Bertz CT molecular complexity index is 1200. The number of carbonyl (C=O) groups excluding carboxylic acids is 4. The van der Waals surface area contributed by atoms with Crippen LogP contribution in [0.25, 0.3) is 0 Å². The average Bonchev–Trinajstić information content (AvgIpc) is 3.31. The molecule has 216 valence electrons. The lowest BCUT2D eigenvalue weighted by molar-refractivity contribution is -0.130. The van der Waals surface area contributed by atoms with E-state index in [1.807, 2.05) is 6.92 Å². The molecule has 0 aliphatic carbocycles. The highest BCUT2D eigenvalue weighted by Gasteiger charge is 2.24. The van der Waals surface area contributed by atoms with Crippen molar-refractivity contribution < 1.29 is 28.7 Å². The molecule has 4 rings (SSSR count). The molecule has 0 radical (unpaired) electrons. The van der Waals surface area contributed by atoms with Gasteiger partial charge < -0.3 is 24.6 Å². The van der Waals surface area contributed by atoms with Crippen LogP contribution in [0.3, 0.4) is 0 Å². The van der Waals surface area contributed by atoms with Crippen molar-refractivity contribution in [2.75, 3.05) is 52.5 Å². The normalized spacial score (nSPS) is 16.5. The number of fused-ring (bicyclic) bond motifs is 1. The van der Waals surface area contributed by atoms with Crippen molar-refractivity contribution in [1.29, 1.82) is 0 Å². The van der Waals surface area contributed by atoms with Gasteiger partial charge >= 0.3 is 5.97 Å². The highest BCUT2D eigenvalue weighted by Crippen LogP contribution is 2.20. The molecule has 1 saturated heterocycles. The van der Waals surface area contributed by atoms with Crippen molar-refractivity contribution in [3.8, 4) is 0 Å². The van der Waals surface area contributed by atoms with E-state index in [2.05, 4.69) is 5.32 Å². The first kappa shape index (κ1) is 29.3. The van der Waals surface area contributed by atoms with Crippen LogP contribution in [0.5, 0.6) is 0 Å². The topological polar surface area (TPSA) is 123 Å². The second-order valence-electron chi connectivity index (χ2n) is 10.0. The van der Waals surface area contributed by atoms with Gasteiger partial charge in [0, 0.05) is 70.5 Å². The van der Waals surface area contributed by atoms with Crippen molar-refractivity contribution in [1.82, 2.24) is 24.9 Å². The van der Waals surface area contributed by atoms with E-state index in [9.17, 15) is 19.2 Å². The number of hydrogen-bond donors (Lipinski definition) is 1. The summed E-state index contributed by atoms with van der Waals surface area (Å²) in [6.07, 6.45) is 3.44. The summed E-state index contributed by atoms with van der Waals surface area (Å²) in [6.45, 7) is 8.15. The van der Waals surface area contributed by atoms with Crippen LogP contribution in [0.1, 0.15) is 75.6 Å². The van der Waals surface area contributed by atoms with Gasteiger partial charge in [0.1, 0.15) is 5.69 Å². The van der Waals surface area contributed by atoms with Crippen molar-refractivity contribution in [3.05, 3.63) is 52.3 Å². The lowest BCUT2D eigenvalue weighted by Crippen LogP contribution is -2.50. The smallest absolute Gasteiger partial charge is 0.338 e. The van der Waals surface area contributed by atoms with Crippen LogP contribution in [-0.4, -0.2) is 95.8 Å². The molecule has 2 aromatic rings. The Kier molecular flexibility index (Phi) is 10.3. The molecule has 2 aliphatic rings. The number of nitrogens with one attached hydrogen (secondary N) is 1. The molecule has 2 aliphatic heterocycles. The summed E-state index contributed by atoms with van der Waals surface area (Å²) in [7, 11) is 0. The summed E-state index contributed by atoms with van der Waals surface area (Å²) in [5, 5.41) is 7.67. The number of benzene rings is 1. The largest absolute Gasteiger partial charge is 0.462 e. The van der Waals surface area contributed by atoms with E-state index in [-0.39, 0.29) is 24.3 Å². The van der Waals surface area contributed by atoms with Gasteiger partial charge in [-0.25, -0.2) is 4.79 Å². The van der Waals surface area contributed by atoms with Crippen LogP contribution in [-0.2, 0) is 33.7 Å². The number of hydrogen-bond acceptors (Lipinski definition) is 7. The number of ether oxygens (including phenoxy) is 2. The maximum Gasteiger partial charge on any atom is 0.338 e. The van der Waals surface area contributed by atoms with Crippen LogP contribution in [0, 0.1) is 0 Å². The van der Waals surface area contributed by atoms with Gasteiger partial charge in [-0.3, -0.25) is 19.1 Å². The maximum absolute atomic E-state index is 12.9. The number of piperazine rings is 1. The van der Waals surface area contributed by atoms with Gasteiger partial charge in [0.25, 0.3) is 11.8 Å². The summed E-state index contributed by atoms with van der Waals surface area (Å²) < 4.78 is 12.9. The summed E-state index contributed by atoms with van der Waals surface area (Å²) in [5.74, 6) is -0.667. The number of rotatable bonds is 7. The van der Waals surface area contributed by atoms with E-state index in [0.29, 0.717) is 88.6 Å². The quantitative estimate of drug-likeness (QED) is 0.411. The molecule has 1 aromatic carbocycles. The molecule has 1 N–H and O–H groups in total. The van der Waals surface area contributed by atoms with Gasteiger partial charge in [-0.1, -0.05) is 0 Å². The molecule has 1 fully saturated rings. The molecule has 0 atom stereocenters. The van der Waals surface area contributed by atoms with Crippen LogP contribution in [0.15, 0.2) is 24.3 Å². The zero-order valence-corrected chi connectivity index (χ0v) is 23.4. The van der Waals surface area contributed by atoms with Crippen molar-refractivity contribution in [2.24, 2.45) is 0 Å². The van der Waals surface area contributed by atoms with Crippen LogP contribution in [0.2, 0.25) is 0 Å².